The molecule has 1 heterocycles. The molecule has 0 unspecified atom stereocenters. The Hall–Kier alpha value is -0.610. The third-order valence-corrected chi connectivity index (χ3v) is 2.28. The highest BCUT2D eigenvalue weighted by molar-refractivity contribution is 9.10. The van der Waals surface area contributed by atoms with Gasteiger partial charge in [0.2, 0.25) is 0 Å². The van der Waals surface area contributed by atoms with Crippen molar-refractivity contribution in [3.05, 3.63) is 27.5 Å². The molecule has 0 N–H and O–H groups in total. The molecule has 5 heteroatoms. The van der Waals surface area contributed by atoms with Gasteiger partial charge in [0.25, 0.3) is 5.91 Å². The van der Waals surface area contributed by atoms with Crippen molar-refractivity contribution >= 4 is 33.4 Å². The van der Waals surface area contributed by atoms with Crippen LogP contribution in [0.5, 0.6) is 0 Å². The van der Waals surface area contributed by atoms with Crippen molar-refractivity contribution in [1.29, 1.82) is 0 Å². The Labute approximate surface area is 89.8 Å². The van der Waals surface area contributed by atoms with Gasteiger partial charge in [0, 0.05) is 20.3 Å². The number of halogens is 2. The first-order chi connectivity index (χ1) is 6.02. The van der Waals surface area contributed by atoms with Crippen molar-refractivity contribution in [2.45, 2.75) is 0 Å². The standard InChI is InChI=1S/C8H8BrClN2O/c1-12(2)8(13)6-3-5(10)4-11-7(6)9/h3-4H,1-2H3. The SMILES string of the molecule is CN(C)C(=O)c1cc(Cl)cnc1Br. The van der Waals surface area contributed by atoms with Gasteiger partial charge in [-0.2, -0.15) is 0 Å². The van der Waals surface area contributed by atoms with Crippen LogP contribution in [0.2, 0.25) is 5.02 Å². The molecule has 0 saturated heterocycles. The molecular formula is C8H8BrClN2O. The Morgan fingerprint density at radius 3 is 2.77 bits per heavy atom. The zero-order valence-corrected chi connectivity index (χ0v) is 9.56. The van der Waals surface area contributed by atoms with Crippen LogP contribution < -0.4 is 0 Å². The van der Waals surface area contributed by atoms with Crippen LogP contribution in [-0.4, -0.2) is 29.9 Å². The highest BCUT2D eigenvalue weighted by atomic mass is 79.9. The van der Waals surface area contributed by atoms with Crippen LogP contribution in [-0.2, 0) is 0 Å². The molecule has 0 aliphatic heterocycles. The van der Waals surface area contributed by atoms with Gasteiger partial charge in [-0.1, -0.05) is 11.6 Å². The van der Waals surface area contributed by atoms with Crippen molar-refractivity contribution in [3.8, 4) is 0 Å². The van der Waals surface area contributed by atoms with E-state index >= 15 is 0 Å². The smallest absolute Gasteiger partial charge is 0.256 e. The van der Waals surface area contributed by atoms with Crippen LogP contribution >= 0.6 is 27.5 Å². The number of hydrogen-bond donors (Lipinski definition) is 0. The molecule has 0 spiro atoms. The molecule has 1 aromatic heterocycles. The Bertz CT molecular complexity index is 341. The lowest BCUT2D eigenvalue weighted by Gasteiger charge is -2.10. The average Bonchev–Trinajstić information content (AvgIpc) is 2.08. The minimum absolute atomic E-state index is 0.123. The zero-order valence-electron chi connectivity index (χ0n) is 7.21. The maximum absolute atomic E-state index is 11.5. The van der Waals surface area contributed by atoms with Crippen LogP contribution in [0.15, 0.2) is 16.9 Å². The number of rotatable bonds is 1. The molecule has 0 aliphatic carbocycles. The second-order valence-corrected chi connectivity index (χ2v) is 3.88. The summed E-state index contributed by atoms with van der Waals surface area (Å²) < 4.78 is 0.510. The predicted molar refractivity (Wildman–Crippen MR) is 55.0 cm³/mol. The molecule has 0 radical (unpaired) electrons. The van der Waals surface area contributed by atoms with Crippen molar-refractivity contribution in [2.24, 2.45) is 0 Å². The van der Waals surface area contributed by atoms with Crippen LogP contribution in [0.4, 0.5) is 0 Å². The second kappa shape index (κ2) is 4.07. The number of nitrogens with zero attached hydrogens (tertiary/aromatic N) is 2. The molecule has 3 nitrogen and oxygen atoms in total. The molecule has 0 aliphatic rings. The van der Waals surface area contributed by atoms with Gasteiger partial charge in [0.15, 0.2) is 0 Å². The lowest BCUT2D eigenvalue weighted by Crippen LogP contribution is -2.22. The molecule has 1 aromatic rings. The van der Waals surface area contributed by atoms with Gasteiger partial charge in [-0.05, 0) is 22.0 Å². The maximum atomic E-state index is 11.5. The quantitative estimate of drug-likeness (QED) is 0.728. The Morgan fingerprint density at radius 1 is 1.62 bits per heavy atom. The summed E-state index contributed by atoms with van der Waals surface area (Å²) >= 11 is 8.89. The summed E-state index contributed by atoms with van der Waals surface area (Å²) in [5.41, 5.74) is 0.470. The fourth-order valence-electron chi connectivity index (χ4n) is 0.813. The van der Waals surface area contributed by atoms with E-state index in [1.807, 2.05) is 0 Å². The van der Waals surface area contributed by atoms with E-state index in [-0.39, 0.29) is 5.91 Å². The predicted octanol–water partition coefficient (Wildman–Crippen LogP) is 2.20. The first kappa shape index (κ1) is 10.5. The van der Waals surface area contributed by atoms with E-state index in [4.69, 9.17) is 11.6 Å². The molecule has 1 rings (SSSR count). The molecular weight excluding hydrogens is 255 g/mol. The van der Waals surface area contributed by atoms with Crippen molar-refractivity contribution in [3.63, 3.8) is 0 Å². The van der Waals surface area contributed by atoms with Crippen LogP contribution in [0.25, 0.3) is 0 Å². The van der Waals surface area contributed by atoms with E-state index in [1.54, 1.807) is 20.2 Å². The summed E-state index contributed by atoms with van der Waals surface area (Å²) in [5, 5.41) is 0.452. The highest BCUT2D eigenvalue weighted by Crippen LogP contribution is 2.18. The van der Waals surface area contributed by atoms with E-state index in [2.05, 4.69) is 20.9 Å². The van der Waals surface area contributed by atoms with Crippen molar-refractivity contribution in [1.82, 2.24) is 9.88 Å². The summed E-state index contributed by atoms with van der Waals surface area (Å²) in [5.74, 6) is -0.123. The van der Waals surface area contributed by atoms with E-state index in [9.17, 15) is 4.79 Å². The number of aromatic nitrogens is 1. The monoisotopic (exact) mass is 262 g/mol. The summed E-state index contributed by atoms with van der Waals surface area (Å²) in [7, 11) is 3.35. The topological polar surface area (TPSA) is 33.2 Å². The third-order valence-electron chi connectivity index (χ3n) is 1.44. The van der Waals surface area contributed by atoms with Gasteiger partial charge in [-0.25, -0.2) is 4.98 Å². The third kappa shape index (κ3) is 2.42. The maximum Gasteiger partial charge on any atom is 0.256 e. The summed E-state index contributed by atoms with van der Waals surface area (Å²) in [6, 6.07) is 1.58. The average molecular weight is 264 g/mol. The lowest BCUT2D eigenvalue weighted by molar-refractivity contribution is 0.0826. The molecule has 0 bridgehead atoms. The largest absolute Gasteiger partial charge is 0.345 e. The molecule has 70 valence electrons. The van der Waals surface area contributed by atoms with Crippen molar-refractivity contribution < 1.29 is 4.79 Å². The molecule has 1 amide bonds. The summed E-state index contributed by atoms with van der Waals surface area (Å²) in [6.45, 7) is 0. The first-order valence-corrected chi connectivity index (χ1v) is 4.72. The van der Waals surface area contributed by atoms with Gasteiger partial charge in [-0.15, -0.1) is 0 Å². The minimum atomic E-state index is -0.123. The van der Waals surface area contributed by atoms with Gasteiger partial charge in [0.1, 0.15) is 4.60 Å². The minimum Gasteiger partial charge on any atom is -0.345 e. The van der Waals surface area contributed by atoms with Crippen LogP contribution in [0, 0.1) is 0 Å². The number of pyridine rings is 1. The Morgan fingerprint density at radius 2 is 2.23 bits per heavy atom. The van der Waals surface area contributed by atoms with Gasteiger partial charge < -0.3 is 4.90 Å². The molecule has 13 heavy (non-hydrogen) atoms. The van der Waals surface area contributed by atoms with Crippen LogP contribution in [0.1, 0.15) is 10.4 Å². The van der Waals surface area contributed by atoms with E-state index < -0.39 is 0 Å². The number of amides is 1. The van der Waals surface area contributed by atoms with Gasteiger partial charge >= 0.3 is 0 Å². The molecule has 0 fully saturated rings. The summed E-state index contributed by atoms with van der Waals surface area (Å²) in [6.07, 6.45) is 1.48. The lowest BCUT2D eigenvalue weighted by atomic mass is 10.2. The van der Waals surface area contributed by atoms with Crippen molar-refractivity contribution in [2.75, 3.05) is 14.1 Å². The highest BCUT2D eigenvalue weighted by Gasteiger charge is 2.13. The first-order valence-electron chi connectivity index (χ1n) is 3.55. The number of hydrogen-bond acceptors (Lipinski definition) is 2. The Kier molecular flexibility index (Phi) is 3.27. The normalized spacial score (nSPS) is 9.85. The molecule has 0 aromatic carbocycles. The van der Waals surface area contributed by atoms with Gasteiger partial charge in [-0.3, -0.25) is 4.79 Å². The Balaban J connectivity index is 3.13. The molecule has 0 atom stereocenters. The van der Waals surface area contributed by atoms with Gasteiger partial charge in [0.05, 0.1) is 10.6 Å². The zero-order chi connectivity index (χ0) is 10.0. The second-order valence-electron chi connectivity index (χ2n) is 2.69. The van der Waals surface area contributed by atoms with E-state index in [1.165, 1.54) is 11.1 Å². The summed E-state index contributed by atoms with van der Waals surface area (Å²) in [4.78, 5) is 16.9. The van der Waals surface area contributed by atoms with Crippen LogP contribution in [0.3, 0.4) is 0 Å². The van der Waals surface area contributed by atoms with E-state index in [0.717, 1.165) is 0 Å². The fraction of sp³-hybridized carbons (Fsp3) is 0.250. The number of carbonyl (C=O) groups is 1. The fourth-order valence-corrected chi connectivity index (χ4v) is 1.36. The van der Waals surface area contributed by atoms with E-state index in [0.29, 0.717) is 15.2 Å². The number of carbonyl (C=O) groups excluding carboxylic acids is 1. The molecule has 0 saturated carbocycles.